The van der Waals surface area contributed by atoms with E-state index in [4.69, 9.17) is 14.8 Å². The molecule has 3 rings (SSSR count). The van der Waals surface area contributed by atoms with E-state index in [9.17, 15) is 0 Å². The zero-order valence-corrected chi connectivity index (χ0v) is 13.6. The van der Waals surface area contributed by atoms with Crippen LogP contribution < -0.4 is 4.74 Å². The number of aromatic nitrogens is 3. The molecule has 0 amide bonds. The first-order valence-electron chi connectivity index (χ1n) is 7.96. The van der Waals surface area contributed by atoms with Gasteiger partial charge in [-0.3, -0.25) is 0 Å². The van der Waals surface area contributed by atoms with Gasteiger partial charge in [0.25, 0.3) is 0 Å². The summed E-state index contributed by atoms with van der Waals surface area (Å²) in [4.78, 5) is 4.77. The van der Waals surface area contributed by atoms with Crippen LogP contribution in [0.25, 0.3) is 22.8 Å². The number of hydrogen-bond donors (Lipinski definition) is 0. The van der Waals surface area contributed by atoms with Crippen molar-refractivity contribution in [3.8, 4) is 28.5 Å². The highest BCUT2D eigenvalue weighted by Gasteiger charge is 2.13. The van der Waals surface area contributed by atoms with Crippen molar-refractivity contribution in [1.82, 2.24) is 14.8 Å². The van der Waals surface area contributed by atoms with Crippen LogP contribution >= 0.6 is 0 Å². The molecule has 23 heavy (non-hydrogen) atoms. The van der Waals surface area contributed by atoms with Crippen molar-refractivity contribution < 1.29 is 4.74 Å². The molecule has 0 spiro atoms. The second-order valence-electron chi connectivity index (χ2n) is 5.43. The Hall–Kier alpha value is -2.62. The van der Waals surface area contributed by atoms with Crippen molar-refractivity contribution in [3.05, 3.63) is 54.6 Å². The van der Waals surface area contributed by atoms with Crippen molar-refractivity contribution >= 4 is 0 Å². The average molecular weight is 307 g/mol. The van der Waals surface area contributed by atoms with Gasteiger partial charge in [-0.15, -0.1) is 0 Å². The van der Waals surface area contributed by atoms with Crippen LogP contribution in [0.5, 0.6) is 5.75 Å². The molecular formula is C19H21N3O. The highest BCUT2D eigenvalue weighted by atomic mass is 16.5. The summed E-state index contributed by atoms with van der Waals surface area (Å²) in [6, 6.07) is 18.1. The van der Waals surface area contributed by atoms with Gasteiger partial charge in [0.1, 0.15) is 5.75 Å². The van der Waals surface area contributed by atoms with Crippen LogP contribution in [0.3, 0.4) is 0 Å². The summed E-state index contributed by atoms with van der Waals surface area (Å²) in [6.45, 7) is 3.06. The molecule has 0 aliphatic heterocycles. The molecule has 0 N–H and O–H groups in total. The molecule has 1 heterocycles. The number of rotatable bonds is 6. The highest BCUT2D eigenvalue weighted by molar-refractivity contribution is 5.62. The van der Waals surface area contributed by atoms with Crippen LogP contribution in [-0.4, -0.2) is 21.9 Å². The molecule has 0 saturated heterocycles. The van der Waals surface area contributed by atoms with Crippen LogP contribution in [0.4, 0.5) is 0 Å². The first-order chi connectivity index (χ1) is 11.3. The summed E-state index contributed by atoms with van der Waals surface area (Å²) in [5.74, 6) is 2.51. The Kier molecular flexibility index (Phi) is 4.71. The third kappa shape index (κ3) is 3.42. The number of aryl methyl sites for hydroxylation is 1. The van der Waals surface area contributed by atoms with E-state index in [1.165, 1.54) is 0 Å². The fourth-order valence-electron chi connectivity index (χ4n) is 2.47. The van der Waals surface area contributed by atoms with E-state index >= 15 is 0 Å². The lowest BCUT2D eigenvalue weighted by Crippen LogP contribution is -2.02. The SMILES string of the molecule is CCCCn1nc(-c2ccc(OC)cc2)nc1-c1ccccc1. The van der Waals surface area contributed by atoms with Gasteiger partial charge in [0.05, 0.1) is 7.11 Å². The maximum Gasteiger partial charge on any atom is 0.181 e. The van der Waals surface area contributed by atoms with Crippen molar-refractivity contribution in [1.29, 1.82) is 0 Å². The minimum Gasteiger partial charge on any atom is -0.497 e. The summed E-state index contributed by atoms with van der Waals surface area (Å²) in [7, 11) is 1.67. The van der Waals surface area contributed by atoms with Crippen LogP contribution in [0.2, 0.25) is 0 Å². The zero-order chi connectivity index (χ0) is 16.1. The first-order valence-corrected chi connectivity index (χ1v) is 7.96. The number of methoxy groups -OCH3 is 1. The van der Waals surface area contributed by atoms with Gasteiger partial charge in [0, 0.05) is 17.7 Å². The minimum absolute atomic E-state index is 0.752. The summed E-state index contributed by atoms with van der Waals surface area (Å²) in [5.41, 5.74) is 2.09. The largest absolute Gasteiger partial charge is 0.497 e. The maximum absolute atomic E-state index is 5.21. The van der Waals surface area contributed by atoms with Crippen LogP contribution in [0.1, 0.15) is 19.8 Å². The van der Waals surface area contributed by atoms with Crippen molar-refractivity contribution in [2.75, 3.05) is 7.11 Å². The van der Waals surface area contributed by atoms with Crippen molar-refractivity contribution in [2.45, 2.75) is 26.3 Å². The van der Waals surface area contributed by atoms with Gasteiger partial charge in [-0.2, -0.15) is 5.10 Å². The van der Waals surface area contributed by atoms with Gasteiger partial charge in [0.15, 0.2) is 11.6 Å². The van der Waals surface area contributed by atoms with Crippen molar-refractivity contribution in [2.24, 2.45) is 0 Å². The Morgan fingerprint density at radius 2 is 1.70 bits per heavy atom. The summed E-state index contributed by atoms with van der Waals surface area (Å²) in [5, 5.41) is 4.71. The molecule has 4 heteroatoms. The normalized spacial score (nSPS) is 10.7. The number of benzene rings is 2. The van der Waals surface area contributed by atoms with E-state index in [1.807, 2.05) is 47.1 Å². The molecule has 0 aliphatic rings. The van der Waals surface area contributed by atoms with Gasteiger partial charge >= 0.3 is 0 Å². The highest BCUT2D eigenvalue weighted by Crippen LogP contribution is 2.24. The summed E-state index contributed by atoms with van der Waals surface area (Å²) in [6.07, 6.45) is 2.22. The van der Waals surface area contributed by atoms with Crippen LogP contribution in [0, 0.1) is 0 Å². The number of ether oxygens (including phenoxy) is 1. The number of hydrogen-bond acceptors (Lipinski definition) is 3. The third-order valence-corrected chi connectivity index (χ3v) is 3.78. The molecule has 2 aromatic carbocycles. The number of nitrogens with zero attached hydrogens (tertiary/aromatic N) is 3. The maximum atomic E-state index is 5.21. The standard InChI is InChI=1S/C19H21N3O/c1-3-4-14-22-19(16-8-6-5-7-9-16)20-18(21-22)15-10-12-17(23-2)13-11-15/h5-13H,3-4,14H2,1-2H3. The van der Waals surface area contributed by atoms with Gasteiger partial charge < -0.3 is 4.74 Å². The molecule has 0 bridgehead atoms. The average Bonchev–Trinajstić information content (AvgIpc) is 3.05. The van der Waals surface area contributed by atoms with Gasteiger partial charge in [-0.1, -0.05) is 43.7 Å². The van der Waals surface area contributed by atoms with E-state index in [2.05, 4.69) is 19.1 Å². The molecule has 0 atom stereocenters. The molecular weight excluding hydrogens is 286 g/mol. The van der Waals surface area contributed by atoms with Crippen LogP contribution in [0.15, 0.2) is 54.6 Å². The molecule has 0 aliphatic carbocycles. The lowest BCUT2D eigenvalue weighted by molar-refractivity contribution is 0.415. The Morgan fingerprint density at radius 3 is 2.35 bits per heavy atom. The smallest absolute Gasteiger partial charge is 0.181 e. The quantitative estimate of drug-likeness (QED) is 0.676. The van der Waals surface area contributed by atoms with E-state index < -0.39 is 0 Å². The zero-order valence-electron chi connectivity index (χ0n) is 13.6. The van der Waals surface area contributed by atoms with E-state index in [0.29, 0.717) is 0 Å². The van der Waals surface area contributed by atoms with Gasteiger partial charge in [-0.05, 0) is 30.7 Å². The van der Waals surface area contributed by atoms with E-state index in [1.54, 1.807) is 7.11 Å². The molecule has 0 radical (unpaired) electrons. The predicted octanol–water partition coefficient (Wildman–Crippen LogP) is 4.42. The van der Waals surface area contributed by atoms with E-state index in [0.717, 1.165) is 47.9 Å². The second kappa shape index (κ2) is 7.09. The molecule has 0 unspecified atom stereocenters. The Morgan fingerprint density at radius 1 is 0.957 bits per heavy atom. The lowest BCUT2D eigenvalue weighted by Gasteiger charge is -2.04. The third-order valence-electron chi connectivity index (χ3n) is 3.78. The topological polar surface area (TPSA) is 39.9 Å². The molecule has 3 aromatic rings. The molecule has 0 saturated carbocycles. The Bertz CT molecular complexity index is 748. The summed E-state index contributed by atoms with van der Waals surface area (Å²) < 4.78 is 7.22. The predicted molar refractivity (Wildman–Crippen MR) is 92.4 cm³/mol. The van der Waals surface area contributed by atoms with E-state index in [-0.39, 0.29) is 0 Å². The van der Waals surface area contributed by atoms with Crippen molar-refractivity contribution in [3.63, 3.8) is 0 Å². The minimum atomic E-state index is 0.752. The molecule has 0 fully saturated rings. The van der Waals surface area contributed by atoms with Gasteiger partial charge in [0.2, 0.25) is 0 Å². The Labute approximate surface area is 136 Å². The fourth-order valence-corrected chi connectivity index (χ4v) is 2.47. The Balaban J connectivity index is 1.99. The monoisotopic (exact) mass is 307 g/mol. The first kappa shape index (κ1) is 15.3. The summed E-state index contributed by atoms with van der Waals surface area (Å²) >= 11 is 0. The molecule has 1 aromatic heterocycles. The number of unbranched alkanes of at least 4 members (excludes halogenated alkanes) is 1. The second-order valence-corrected chi connectivity index (χ2v) is 5.43. The lowest BCUT2D eigenvalue weighted by atomic mass is 10.2. The molecule has 4 nitrogen and oxygen atoms in total. The van der Waals surface area contributed by atoms with Gasteiger partial charge in [-0.25, -0.2) is 9.67 Å². The molecule has 118 valence electrons. The fraction of sp³-hybridized carbons (Fsp3) is 0.263. The van der Waals surface area contributed by atoms with Crippen LogP contribution in [-0.2, 0) is 6.54 Å².